The topological polar surface area (TPSA) is 76.4 Å². The van der Waals surface area contributed by atoms with Crippen molar-refractivity contribution in [3.8, 4) is 5.75 Å². The first-order valence-electron chi connectivity index (χ1n) is 4.58. The van der Waals surface area contributed by atoms with E-state index >= 15 is 0 Å². The lowest BCUT2D eigenvalue weighted by Gasteiger charge is -2.13. The molecule has 4 N–H and O–H groups in total. The molecular weight excluding hydrogens is 194 g/mol. The van der Waals surface area contributed by atoms with E-state index in [0.717, 1.165) is 11.3 Å². The highest BCUT2D eigenvalue weighted by molar-refractivity contribution is 5.73. The number of methoxy groups -OCH3 is 1. The first-order valence-corrected chi connectivity index (χ1v) is 4.58. The van der Waals surface area contributed by atoms with Crippen LogP contribution in [0.4, 0.5) is 4.79 Å². The van der Waals surface area contributed by atoms with Gasteiger partial charge in [0.25, 0.3) is 0 Å². The fourth-order valence-corrected chi connectivity index (χ4v) is 1.21. The van der Waals surface area contributed by atoms with E-state index in [9.17, 15) is 4.79 Å². The SMILES string of the molecule is COc1ccc(C(C)NC(=O)NN)cc1. The van der Waals surface area contributed by atoms with Crippen LogP contribution in [0.15, 0.2) is 24.3 Å². The average Bonchev–Trinajstić information content (AvgIpc) is 2.29. The molecule has 0 spiro atoms. The molecule has 5 nitrogen and oxygen atoms in total. The predicted molar refractivity (Wildman–Crippen MR) is 57.3 cm³/mol. The molecule has 1 aromatic rings. The van der Waals surface area contributed by atoms with Crippen LogP contribution in [0.3, 0.4) is 0 Å². The molecule has 2 amide bonds. The monoisotopic (exact) mass is 209 g/mol. The number of rotatable bonds is 3. The number of hydrazine groups is 1. The quantitative estimate of drug-likeness (QED) is 0.394. The number of amides is 2. The van der Waals surface area contributed by atoms with E-state index in [0.29, 0.717) is 0 Å². The molecule has 0 bridgehead atoms. The lowest BCUT2D eigenvalue weighted by atomic mass is 10.1. The van der Waals surface area contributed by atoms with E-state index in [-0.39, 0.29) is 6.04 Å². The third-order valence-electron chi connectivity index (χ3n) is 2.09. The first-order chi connectivity index (χ1) is 7.17. The van der Waals surface area contributed by atoms with Gasteiger partial charge in [-0.05, 0) is 24.6 Å². The second-order valence-electron chi connectivity index (χ2n) is 3.11. The second-order valence-corrected chi connectivity index (χ2v) is 3.11. The van der Waals surface area contributed by atoms with Crippen molar-refractivity contribution in [3.63, 3.8) is 0 Å². The molecule has 1 atom stereocenters. The third-order valence-corrected chi connectivity index (χ3v) is 2.09. The van der Waals surface area contributed by atoms with Gasteiger partial charge in [-0.25, -0.2) is 10.6 Å². The van der Waals surface area contributed by atoms with Crippen molar-refractivity contribution in [2.45, 2.75) is 13.0 Å². The van der Waals surface area contributed by atoms with Crippen LogP contribution < -0.4 is 21.3 Å². The van der Waals surface area contributed by atoms with Crippen LogP contribution in [-0.2, 0) is 0 Å². The minimum absolute atomic E-state index is 0.0977. The number of hydrogen-bond donors (Lipinski definition) is 3. The lowest BCUT2D eigenvalue weighted by Crippen LogP contribution is -2.40. The Morgan fingerprint density at radius 3 is 2.47 bits per heavy atom. The van der Waals surface area contributed by atoms with Gasteiger partial charge < -0.3 is 10.1 Å². The van der Waals surface area contributed by atoms with Crippen molar-refractivity contribution in [2.24, 2.45) is 5.84 Å². The Kier molecular flexibility index (Phi) is 3.93. The third kappa shape index (κ3) is 3.14. The summed E-state index contributed by atoms with van der Waals surface area (Å²) < 4.78 is 5.03. The Labute approximate surface area is 88.6 Å². The van der Waals surface area contributed by atoms with E-state index in [1.807, 2.05) is 36.6 Å². The summed E-state index contributed by atoms with van der Waals surface area (Å²) in [5, 5.41) is 2.67. The molecule has 1 rings (SSSR count). The summed E-state index contributed by atoms with van der Waals surface area (Å²) in [7, 11) is 1.61. The van der Waals surface area contributed by atoms with Gasteiger partial charge in [-0.15, -0.1) is 0 Å². The number of hydrogen-bond acceptors (Lipinski definition) is 3. The van der Waals surface area contributed by atoms with Crippen LogP contribution in [-0.4, -0.2) is 13.1 Å². The number of benzene rings is 1. The number of carbonyl (C=O) groups is 1. The summed E-state index contributed by atoms with van der Waals surface area (Å²) in [5.41, 5.74) is 3.00. The van der Waals surface area contributed by atoms with Crippen molar-refractivity contribution in [1.29, 1.82) is 0 Å². The molecule has 15 heavy (non-hydrogen) atoms. The predicted octanol–water partition coefficient (Wildman–Crippen LogP) is 0.929. The number of nitrogens with one attached hydrogen (secondary N) is 2. The summed E-state index contributed by atoms with van der Waals surface area (Å²) in [6, 6.07) is 6.96. The van der Waals surface area contributed by atoms with E-state index in [2.05, 4.69) is 5.32 Å². The molecule has 5 heteroatoms. The highest BCUT2D eigenvalue weighted by atomic mass is 16.5. The molecule has 1 aromatic carbocycles. The molecule has 0 aliphatic heterocycles. The molecule has 0 radical (unpaired) electrons. The zero-order valence-corrected chi connectivity index (χ0v) is 8.78. The van der Waals surface area contributed by atoms with Crippen LogP contribution in [0.2, 0.25) is 0 Å². The number of carbonyl (C=O) groups excluding carboxylic acids is 1. The van der Waals surface area contributed by atoms with E-state index < -0.39 is 6.03 Å². The minimum atomic E-state index is -0.404. The largest absolute Gasteiger partial charge is 0.497 e. The molecule has 0 heterocycles. The maximum absolute atomic E-state index is 10.9. The zero-order valence-electron chi connectivity index (χ0n) is 8.78. The Hall–Kier alpha value is -1.75. The maximum atomic E-state index is 10.9. The highest BCUT2D eigenvalue weighted by Gasteiger charge is 2.07. The second kappa shape index (κ2) is 5.21. The van der Waals surface area contributed by atoms with E-state index in [4.69, 9.17) is 10.6 Å². The molecule has 0 saturated carbocycles. The summed E-state index contributed by atoms with van der Waals surface area (Å²) in [5.74, 6) is 5.75. The fourth-order valence-electron chi connectivity index (χ4n) is 1.21. The van der Waals surface area contributed by atoms with E-state index in [1.54, 1.807) is 7.11 Å². The number of urea groups is 1. The molecular formula is C10H15N3O2. The first kappa shape index (κ1) is 11.3. The molecule has 0 fully saturated rings. The summed E-state index contributed by atoms with van der Waals surface area (Å²) >= 11 is 0. The Bertz CT molecular complexity index is 324. The Balaban J connectivity index is 2.65. The van der Waals surface area contributed by atoms with Crippen molar-refractivity contribution in [3.05, 3.63) is 29.8 Å². The van der Waals surface area contributed by atoms with Gasteiger partial charge in [0.15, 0.2) is 0 Å². The standard InChI is InChI=1S/C10H15N3O2/c1-7(12-10(14)13-11)8-3-5-9(15-2)6-4-8/h3-7H,11H2,1-2H3,(H2,12,13,14). The van der Waals surface area contributed by atoms with E-state index in [1.165, 1.54) is 0 Å². The van der Waals surface area contributed by atoms with Gasteiger partial charge in [-0.2, -0.15) is 0 Å². The van der Waals surface area contributed by atoms with Gasteiger partial charge >= 0.3 is 6.03 Å². The summed E-state index contributed by atoms with van der Waals surface area (Å²) in [6.07, 6.45) is 0. The van der Waals surface area contributed by atoms with Gasteiger partial charge in [0.2, 0.25) is 0 Å². The van der Waals surface area contributed by atoms with Gasteiger partial charge in [0.1, 0.15) is 5.75 Å². The van der Waals surface area contributed by atoms with Crippen LogP contribution in [0, 0.1) is 0 Å². The maximum Gasteiger partial charge on any atom is 0.329 e. The van der Waals surface area contributed by atoms with Gasteiger partial charge in [-0.3, -0.25) is 5.43 Å². The van der Waals surface area contributed by atoms with Crippen LogP contribution in [0.1, 0.15) is 18.5 Å². The van der Waals surface area contributed by atoms with Crippen molar-refractivity contribution < 1.29 is 9.53 Å². The van der Waals surface area contributed by atoms with Crippen LogP contribution >= 0.6 is 0 Å². The number of ether oxygens (including phenoxy) is 1. The van der Waals surface area contributed by atoms with Crippen molar-refractivity contribution >= 4 is 6.03 Å². The molecule has 0 saturated heterocycles. The fraction of sp³-hybridized carbons (Fsp3) is 0.300. The van der Waals surface area contributed by atoms with Crippen LogP contribution in [0.25, 0.3) is 0 Å². The molecule has 0 aliphatic rings. The average molecular weight is 209 g/mol. The molecule has 0 aromatic heterocycles. The van der Waals surface area contributed by atoms with Crippen LogP contribution in [0.5, 0.6) is 5.75 Å². The minimum Gasteiger partial charge on any atom is -0.497 e. The van der Waals surface area contributed by atoms with Gasteiger partial charge in [-0.1, -0.05) is 12.1 Å². The Morgan fingerprint density at radius 2 is 2.00 bits per heavy atom. The van der Waals surface area contributed by atoms with Crippen molar-refractivity contribution in [2.75, 3.05) is 7.11 Å². The summed E-state index contributed by atoms with van der Waals surface area (Å²) in [4.78, 5) is 10.9. The zero-order chi connectivity index (χ0) is 11.3. The highest BCUT2D eigenvalue weighted by Crippen LogP contribution is 2.16. The molecule has 0 aliphatic carbocycles. The Morgan fingerprint density at radius 1 is 1.40 bits per heavy atom. The lowest BCUT2D eigenvalue weighted by molar-refractivity contribution is 0.238. The van der Waals surface area contributed by atoms with Gasteiger partial charge in [0.05, 0.1) is 13.2 Å². The summed E-state index contributed by atoms with van der Waals surface area (Å²) in [6.45, 7) is 1.87. The molecule has 82 valence electrons. The number of nitrogens with two attached hydrogens (primary N) is 1. The smallest absolute Gasteiger partial charge is 0.329 e. The molecule has 1 unspecified atom stereocenters. The normalized spacial score (nSPS) is 11.7. The van der Waals surface area contributed by atoms with Crippen molar-refractivity contribution in [1.82, 2.24) is 10.7 Å². The van der Waals surface area contributed by atoms with Gasteiger partial charge in [0, 0.05) is 0 Å².